The number of ether oxygens (including phenoxy) is 4. The SMILES string of the molecule is CCOCCOC(CC(=O)O)(C(=O)O)C(CCOCC)(CCOCC)C(=O)O. The van der Waals surface area contributed by atoms with Crippen molar-refractivity contribution >= 4 is 17.9 Å². The Morgan fingerprint density at radius 3 is 1.54 bits per heavy atom. The molecule has 1 atom stereocenters. The summed E-state index contributed by atoms with van der Waals surface area (Å²) in [6, 6.07) is 0. The fourth-order valence-electron chi connectivity index (χ4n) is 3.03. The van der Waals surface area contributed by atoms with E-state index in [1.807, 2.05) is 0 Å². The van der Waals surface area contributed by atoms with E-state index in [1.165, 1.54) is 0 Å². The van der Waals surface area contributed by atoms with Gasteiger partial charge >= 0.3 is 17.9 Å². The molecule has 0 rings (SSSR count). The van der Waals surface area contributed by atoms with Crippen LogP contribution in [0.4, 0.5) is 0 Å². The quantitative estimate of drug-likeness (QED) is 0.283. The van der Waals surface area contributed by atoms with Crippen LogP contribution in [-0.2, 0) is 33.3 Å². The summed E-state index contributed by atoms with van der Waals surface area (Å²) in [6.07, 6.45) is -1.53. The van der Waals surface area contributed by atoms with E-state index in [9.17, 15) is 29.7 Å². The molecule has 0 spiro atoms. The molecule has 0 aromatic heterocycles. The van der Waals surface area contributed by atoms with E-state index in [0.717, 1.165) is 0 Å². The van der Waals surface area contributed by atoms with Gasteiger partial charge in [0, 0.05) is 33.0 Å². The maximum atomic E-state index is 12.4. The van der Waals surface area contributed by atoms with Crippen molar-refractivity contribution in [1.82, 2.24) is 0 Å². The first-order valence-corrected chi connectivity index (χ1v) is 9.29. The zero-order chi connectivity index (χ0) is 21.6. The minimum atomic E-state index is -2.52. The maximum Gasteiger partial charge on any atom is 0.337 e. The van der Waals surface area contributed by atoms with Gasteiger partial charge in [0.05, 0.1) is 19.6 Å². The molecule has 0 amide bonds. The molecule has 28 heavy (non-hydrogen) atoms. The molecule has 10 nitrogen and oxygen atoms in total. The maximum absolute atomic E-state index is 12.4. The van der Waals surface area contributed by atoms with Crippen molar-refractivity contribution in [3.63, 3.8) is 0 Å². The van der Waals surface area contributed by atoms with Crippen LogP contribution in [0.15, 0.2) is 0 Å². The Morgan fingerprint density at radius 1 is 0.714 bits per heavy atom. The summed E-state index contributed by atoms with van der Waals surface area (Å²) < 4.78 is 21.1. The largest absolute Gasteiger partial charge is 0.481 e. The highest BCUT2D eigenvalue weighted by atomic mass is 16.6. The van der Waals surface area contributed by atoms with Gasteiger partial charge in [-0.25, -0.2) is 4.79 Å². The van der Waals surface area contributed by atoms with Crippen molar-refractivity contribution < 1.29 is 48.7 Å². The van der Waals surface area contributed by atoms with Crippen LogP contribution in [-0.4, -0.2) is 85.1 Å². The van der Waals surface area contributed by atoms with Gasteiger partial charge in [-0.3, -0.25) is 9.59 Å². The second-order valence-corrected chi connectivity index (χ2v) is 6.03. The van der Waals surface area contributed by atoms with Gasteiger partial charge in [-0.1, -0.05) is 0 Å². The van der Waals surface area contributed by atoms with Crippen LogP contribution in [0.25, 0.3) is 0 Å². The van der Waals surface area contributed by atoms with Crippen molar-refractivity contribution in [1.29, 1.82) is 0 Å². The van der Waals surface area contributed by atoms with Gasteiger partial charge in [-0.15, -0.1) is 0 Å². The summed E-state index contributed by atoms with van der Waals surface area (Å²) >= 11 is 0. The molecule has 0 saturated heterocycles. The molecule has 0 radical (unpaired) electrons. The summed E-state index contributed by atoms with van der Waals surface area (Å²) in [5, 5.41) is 29.4. The van der Waals surface area contributed by atoms with Gasteiger partial charge in [0.2, 0.25) is 0 Å². The first kappa shape index (κ1) is 26.2. The smallest absolute Gasteiger partial charge is 0.337 e. The van der Waals surface area contributed by atoms with Crippen molar-refractivity contribution in [2.45, 2.75) is 45.6 Å². The van der Waals surface area contributed by atoms with Gasteiger partial charge in [0.15, 0.2) is 5.60 Å². The van der Waals surface area contributed by atoms with E-state index in [4.69, 9.17) is 18.9 Å². The second-order valence-electron chi connectivity index (χ2n) is 6.03. The molecule has 0 fully saturated rings. The molecule has 0 aromatic rings. The Bertz CT molecular complexity index is 483. The summed E-state index contributed by atoms with van der Waals surface area (Å²) in [5.74, 6) is -4.63. The van der Waals surface area contributed by atoms with E-state index >= 15 is 0 Å². The number of carboxylic acids is 3. The van der Waals surface area contributed by atoms with Gasteiger partial charge in [0.25, 0.3) is 0 Å². The molecule has 0 aliphatic heterocycles. The molecule has 164 valence electrons. The predicted molar refractivity (Wildman–Crippen MR) is 97.4 cm³/mol. The van der Waals surface area contributed by atoms with Crippen LogP contribution in [0.1, 0.15) is 40.0 Å². The van der Waals surface area contributed by atoms with Gasteiger partial charge < -0.3 is 34.3 Å². The van der Waals surface area contributed by atoms with E-state index in [-0.39, 0.29) is 39.3 Å². The summed E-state index contributed by atoms with van der Waals surface area (Å²) in [5.41, 5.74) is -4.59. The van der Waals surface area contributed by atoms with Crippen molar-refractivity contribution in [2.24, 2.45) is 5.41 Å². The molecule has 0 aromatic carbocycles. The Morgan fingerprint density at radius 2 is 1.18 bits per heavy atom. The normalized spacial score (nSPS) is 13.8. The first-order valence-electron chi connectivity index (χ1n) is 9.29. The number of rotatable bonds is 18. The average Bonchev–Trinajstić information content (AvgIpc) is 2.62. The molecule has 0 heterocycles. The van der Waals surface area contributed by atoms with Gasteiger partial charge in [-0.2, -0.15) is 0 Å². The summed E-state index contributed by atoms with van der Waals surface area (Å²) in [4.78, 5) is 36.1. The molecule has 3 N–H and O–H groups in total. The Balaban J connectivity index is 6.19. The average molecular weight is 408 g/mol. The number of carbonyl (C=O) groups is 3. The lowest BCUT2D eigenvalue weighted by molar-refractivity contribution is -0.212. The lowest BCUT2D eigenvalue weighted by Gasteiger charge is -2.44. The predicted octanol–water partition coefficient (Wildman–Crippen LogP) is 1.26. The number of hydrogen-bond donors (Lipinski definition) is 3. The summed E-state index contributed by atoms with van der Waals surface area (Å²) in [6.45, 7) is 5.68. The molecular weight excluding hydrogens is 376 g/mol. The van der Waals surface area contributed by atoms with Gasteiger partial charge in [-0.05, 0) is 33.6 Å². The molecule has 10 heteroatoms. The topological polar surface area (TPSA) is 149 Å². The van der Waals surface area contributed by atoms with Crippen LogP contribution in [0.2, 0.25) is 0 Å². The van der Waals surface area contributed by atoms with Crippen LogP contribution >= 0.6 is 0 Å². The molecule has 0 aliphatic rings. The van der Waals surface area contributed by atoms with Crippen molar-refractivity contribution in [3.05, 3.63) is 0 Å². The van der Waals surface area contributed by atoms with Crippen LogP contribution in [0.3, 0.4) is 0 Å². The molecule has 0 aliphatic carbocycles. The van der Waals surface area contributed by atoms with Crippen LogP contribution in [0, 0.1) is 5.41 Å². The minimum Gasteiger partial charge on any atom is -0.481 e. The molecular formula is C18H32O10. The Kier molecular flexibility index (Phi) is 12.6. The van der Waals surface area contributed by atoms with Crippen molar-refractivity contribution in [3.8, 4) is 0 Å². The van der Waals surface area contributed by atoms with E-state index in [0.29, 0.717) is 19.8 Å². The third kappa shape index (κ3) is 7.01. The fourth-order valence-corrected chi connectivity index (χ4v) is 3.03. The zero-order valence-electron chi connectivity index (χ0n) is 16.8. The number of carboxylic acid groups (broad SMARTS) is 3. The third-order valence-corrected chi connectivity index (χ3v) is 4.46. The lowest BCUT2D eigenvalue weighted by atomic mass is 9.65. The number of hydrogen-bond acceptors (Lipinski definition) is 7. The first-order chi connectivity index (χ1) is 13.2. The number of aliphatic carboxylic acids is 3. The highest BCUT2D eigenvalue weighted by Crippen LogP contribution is 2.45. The van der Waals surface area contributed by atoms with Gasteiger partial charge in [0.1, 0.15) is 5.41 Å². The lowest BCUT2D eigenvalue weighted by Crippen LogP contribution is -2.62. The monoisotopic (exact) mass is 408 g/mol. The zero-order valence-corrected chi connectivity index (χ0v) is 16.8. The standard InChI is InChI=1S/C18H32O10/c1-4-25-9-7-17(15(21)22,8-10-26-5-2)18(16(23)24,13-14(19)20)28-12-11-27-6-3/h4-13H2,1-3H3,(H,19,20)(H,21,22)(H,23,24). The summed E-state index contributed by atoms with van der Waals surface area (Å²) in [7, 11) is 0. The Hall–Kier alpha value is -1.75. The van der Waals surface area contributed by atoms with Crippen molar-refractivity contribution in [2.75, 3.05) is 46.2 Å². The van der Waals surface area contributed by atoms with Crippen LogP contribution < -0.4 is 0 Å². The highest BCUT2D eigenvalue weighted by molar-refractivity contribution is 5.92. The van der Waals surface area contributed by atoms with E-state index in [2.05, 4.69) is 0 Å². The second kappa shape index (κ2) is 13.4. The third-order valence-electron chi connectivity index (χ3n) is 4.46. The molecule has 0 saturated carbocycles. The molecule has 0 bridgehead atoms. The van der Waals surface area contributed by atoms with E-state index in [1.54, 1.807) is 20.8 Å². The Labute approximate surface area is 164 Å². The van der Waals surface area contributed by atoms with E-state index < -0.39 is 35.3 Å². The van der Waals surface area contributed by atoms with Crippen LogP contribution in [0.5, 0.6) is 0 Å². The minimum absolute atomic E-state index is 0.00221. The highest BCUT2D eigenvalue weighted by Gasteiger charge is 2.63. The molecule has 1 unspecified atom stereocenters. The fraction of sp³-hybridized carbons (Fsp3) is 0.833.